The number of carbonyl (C=O) groups is 1. The molecule has 0 saturated heterocycles. The van der Waals surface area contributed by atoms with Crippen molar-refractivity contribution in [1.29, 1.82) is 0 Å². The van der Waals surface area contributed by atoms with Gasteiger partial charge in [-0.25, -0.2) is 0 Å². The summed E-state index contributed by atoms with van der Waals surface area (Å²) in [7, 11) is 0. The van der Waals surface area contributed by atoms with Gasteiger partial charge in [0.2, 0.25) is 0 Å². The molecular formula is C18H18N2O. The molecule has 0 fully saturated rings. The number of nitrogens with one attached hydrogen (secondary N) is 2. The molecule has 2 N–H and O–H groups in total. The maximum Gasteiger partial charge on any atom is 0.255 e. The average Bonchev–Trinajstić information content (AvgIpc) is 2.94. The van der Waals surface area contributed by atoms with Gasteiger partial charge in [0.25, 0.3) is 5.91 Å². The topological polar surface area (TPSA) is 44.9 Å². The summed E-state index contributed by atoms with van der Waals surface area (Å²) in [6.07, 6.45) is 1.88. The molecule has 0 aliphatic carbocycles. The van der Waals surface area contributed by atoms with E-state index in [1.165, 1.54) is 0 Å². The third-order valence-electron chi connectivity index (χ3n) is 3.65. The lowest BCUT2D eigenvalue weighted by molar-refractivity contribution is 0.102. The number of hydrogen-bond donors (Lipinski definition) is 2. The Bertz CT molecular complexity index is 787. The van der Waals surface area contributed by atoms with Crippen LogP contribution >= 0.6 is 0 Å². The molecule has 0 unspecified atom stereocenters. The number of H-pyrrole nitrogens is 1. The van der Waals surface area contributed by atoms with Gasteiger partial charge in [0, 0.05) is 28.4 Å². The van der Waals surface area contributed by atoms with Crippen LogP contribution < -0.4 is 5.32 Å². The number of aromatic nitrogens is 1. The molecule has 0 bridgehead atoms. The number of fused-ring (bicyclic) bond motifs is 1. The fourth-order valence-electron chi connectivity index (χ4n) is 2.50. The highest BCUT2D eigenvalue weighted by Crippen LogP contribution is 2.24. The van der Waals surface area contributed by atoms with E-state index >= 15 is 0 Å². The zero-order chi connectivity index (χ0) is 14.8. The van der Waals surface area contributed by atoms with E-state index in [1.807, 2.05) is 48.7 Å². The van der Waals surface area contributed by atoms with Crippen molar-refractivity contribution >= 4 is 22.5 Å². The fraction of sp³-hybridized carbons (Fsp3) is 0.167. The maximum atomic E-state index is 12.4. The zero-order valence-corrected chi connectivity index (χ0v) is 12.2. The minimum Gasteiger partial charge on any atom is -0.361 e. The van der Waals surface area contributed by atoms with Crippen molar-refractivity contribution in [2.24, 2.45) is 0 Å². The largest absolute Gasteiger partial charge is 0.361 e. The molecule has 3 heteroatoms. The Hall–Kier alpha value is -2.55. The van der Waals surface area contributed by atoms with Crippen molar-refractivity contribution in [1.82, 2.24) is 4.98 Å². The Morgan fingerprint density at radius 1 is 1.10 bits per heavy atom. The molecule has 0 aliphatic rings. The Morgan fingerprint density at radius 2 is 1.90 bits per heavy atom. The van der Waals surface area contributed by atoms with Crippen LogP contribution in [0.15, 0.2) is 54.7 Å². The maximum absolute atomic E-state index is 12.4. The van der Waals surface area contributed by atoms with Crippen molar-refractivity contribution in [3.05, 3.63) is 65.9 Å². The summed E-state index contributed by atoms with van der Waals surface area (Å²) in [5, 5.41) is 4.06. The van der Waals surface area contributed by atoms with Crippen LogP contribution in [0.25, 0.3) is 10.9 Å². The number of anilines is 1. The zero-order valence-electron chi connectivity index (χ0n) is 12.2. The number of carbonyl (C=O) groups excluding carboxylic acids is 1. The van der Waals surface area contributed by atoms with E-state index in [2.05, 4.69) is 30.2 Å². The molecule has 1 amide bonds. The lowest BCUT2D eigenvalue weighted by Crippen LogP contribution is -2.13. The van der Waals surface area contributed by atoms with Gasteiger partial charge in [-0.1, -0.05) is 32.0 Å². The Balaban J connectivity index is 1.89. The second kappa shape index (κ2) is 5.44. The second-order valence-corrected chi connectivity index (χ2v) is 5.48. The van der Waals surface area contributed by atoms with Gasteiger partial charge in [-0.2, -0.15) is 0 Å². The molecule has 0 atom stereocenters. The van der Waals surface area contributed by atoms with E-state index in [-0.39, 0.29) is 5.91 Å². The van der Waals surface area contributed by atoms with Crippen molar-refractivity contribution in [2.45, 2.75) is 19.8 Å². The van der Waals surface area contributed by atoms with E-state index in [0.717, 1.165) is 22.2 Å². The molecule has 1 aromatic heterocycles. The standard InChI is InChI=1S/C18H18N2O/c1-12(2)15-5-3-4-6-17(15)20-18(21)14-7-8-16-13(11-14)9-10-19-16/h3-12,19H,1-2H3,(H,20,21). The molecule has 106 valence electrons. The summed E-state index contributed by atoms with van der Waals surface area (Å²) in [6, 6.07) is 15.6. The highest BCUT2D eigenvalue weighted by molar-refractivity contribution is 6.06. The quantitative estimate of drug-likeness (QED) is 0.725. The Kier molecular flexibility index (Phi) is 3.48. The summed E-state index contributed by atoms with van der Waals surface area (Å²) in [4.78, 5) is 15.6. The molecule has 21 heavy (non-hydrogen) atoms. The first-order valence-electron chi connectivity index (χ1n) is 7.12. The van der Waals surface area contributed by atoms with Crippen LogP contribution in [0.5, 0.6) is 0 Å². The van der Waals surface area contributed by atoms with Crippen LogP contribution in [0.2, 0.25) is 0 Å². The van der Waals surface area contributed by atoms with Gasteiger partial charge in [0.05, 0.1) is 0 Å². The van der Waals surface area contributed by atoms with Crippen molar-refractivity contribution in [2.75, 3.05) is 5.32 Å². The molecule has 0 radical (unpaired) electrons. The summed E-state index contributed by atoms with van der Waals surface area (Å²) >= 11 is 0. The molecule has 0 spiro atoms. The van der Waals surface area contributed by atoms with Gasteiger partial charge < -0.3 is 10.3 Å². The number of aromatic amines is 1. The molecule has 3 rings (SSSR count). The van der Waals surface area contributed by atoms with Crippen LogP contribution in [-0.4, -0.2) is 10.9 Å². The van der Waals surface area contributed by atoms with Crippen LogP contribution in [0.1, 0.15) is 35.7 Å². The van der Waals surface area contributed by atoms with E-state index < -0.39 is 0 Å². The SMILES string of the molecule is CC(C)c1ccccc1NC(=O)c1ccc2[nH]ccc2c1. The summed E-state index contributed by atoms with van der Waals surface area (Å²) in [6.45, 7) is 4.24. The summed E-state index contributed by atoms with van der Waals surface area (Å²) < 4.78 is 0. The fourth-order valence-corrected chi connectivity index (χ4v) is 2.50. The average molecular weight is 278 g/mol. The predicted octanol–water partition coefficient (Wildman–Crippen LogP) is 4.54. The molecule has 3 aromatic rings. The first kappa shape index (κ1) is 13.4. The molecular weight excluding hydrogens is 260 g/mol. The van der Waals surface area contributed by atoms with E-state index in [4.69, 9.17) is 0 Å². The second-order valence-electron chi connectivity index (χ2n) is 5.48. The van der Waals surface area contributed by atoms with Gasteiger partial charge >= 0.3 is 0 Å². The van der Waals surface area contributed by atoms with Crippen LogP contribution in [0.3, 0.4) is 0 Å². The number of benzene rings is 2. The molecule has 0 saturated carbocycles. The minimum absolute atomic E-state index is 0.0776. The Labute approximate surface area is 124 Å². The molecule has 1 heterocycles. The van der Waals surface area contributed by atoms with Gasteiger partial charge in [0.15, 0.2) is 0 Å². The van der Waals surface area contributed by atoms with Crippen molar-refractivity contribution < 1.29 is 4.79 Å². The van der Waals surface area contributed by atoms with Crippen LogP contribution in [-0.2, 0) is 0 Å². The molecule has 2 aromatic carbocycles. The highest BCUT2D eigenvalue weighted by atomic mass is 16.1. The number of para-hydroxylation sites is 1. The van der Waals surface area contributed by atoms with Crippen molar-refractivity contribution in [3.8, 4) is 0 Å². The first-order valence-corrected chi connectivity index (χ1v) is 7.12. The van der Waals surface area contributed by atoms with Crippen LogP contribution in [0.4, 0.5) is 5.69 Å². The number of amides is 1. The lowest BCUT2D eigenvalue weighted by atomic mass is 10.0. The lowest BCUT2D eigenvalue weighted by Gasteiger charge is -2.13. The third-order valence-corrected chi connectivity index (χ3v) is 3.65. The van der Waals surface area contributed by atoms with Crippen LogP contribution in [0, 0.1) is 0 Å². The smallest absolute Gasteiger partial charge is 0.255 e. The monoisotopic (exact) mass is 278 g/mol. The van der Waals surface area contributed by atoms with Gasteiger partial charge in [-0.15, -0.1) is 0 Å². The number of rotatable bonds is 3. The summed E-state index contributed by atoms with van der Waals surface area (Å²) in [5.74, 6) is 0.292. The van der Waals surface area contributed by atoms with E-state index in [9.17, 15) is 4.79 Å². The van der Waals surface area contributed by atoms with E-state index in [1.54, 1.807) is 0 Å². The van der Waals surface area contributed by atoms with Crippen molar-refractivity contribution in [3.63, 3.8) is 0 Å². The van der Waals surface area contributed by atoms with Gasteiger partial charge in [-0.3, -0.25) is 4.79 Å². The highest BCUT2D eigenvalue weighted by Gasteiger charge is 2.11. The van der Waals surface area contributed by atoms with Gasteiger partial charge in [-0.05, 0) is 41.8 Å². The summed E-state index contributed by atoms with van der Waals surface area (Å²) in [5.41, 5.74) is 3.73. The molecule has 0 aliphatic heterocycles. The molecule has 3 nitrogen and oxygen atoms in total. The third kappa shape index (κ3) is 2.68. The normalized spacial score (nSPS) is 11.0. The minimum atomic E-state index is -0.0776. The van der Waals surface area contributed by atoms with Gasteiger partial charge in [0.1, 0.15) is 0 Å². The predicted molar refractivity (Wildman–Crippen MR) is 86.8 cm³/mol. The first-order chi connectivity index (χ1) is 10.1. The van der Waals surface area contributed by atoms with E-state index in [0.29, 0.717) is 11.5 Å². The number of hydrogen-bond acceptors (Lipinski definition) is 1. The Morgan fingerprint density at radius 3 is 2.71 bits per heavy atom.